The minimum absolute atomic E-state index is 0.000833. The van der Waals surface area contributed by atoms with Crippen LogP contribution in [-0.4, -0.2) is 34.4 Å². The van der Waals surface area contributed by atoms with Gasteiger partial charge in [0.1, 0.15) is 5.41 Å². The molecule has 5 nitrogen and oxygen atoms in total. The fraction of sp³-hybridized carbons (Fsp3) is 0.818. The number of hydrogen-bond acceptors (Lipinski definition) is 3. The summed E-state index contributed by atoms with van der Waals surface area (Å²) < 4.78 is 0. The van der Waals surface area contributed by atoms with E-state index in [1.54, 1.807) is 6.92 Å². The molecule has 16 heavy (non-hydrogen) atoms. The molecular weight excluding hydrogens is 206 g/mol. The van der Waals surface area contributed by atoms with Gasteiger partial charge in [-0.1, -0.05) is 12.1 Å². The maximum Gasteiger partial charge on any atom is 0.236 e. The molecular formula is C11H21N3O2. The van der Waals surface area contributed by atoms with Crippen LogP contribution in [0.15, 0.2) is 5.16 Å². The van der Waals surface area contributed by atoms with Gasteiger partial charge in [-0.15, -0.1) is 0 Å². The summed E-state index contributed by atoms with van der Waals surface area (Å²) in [5, 5.41) is 11.7. The standard InChI is InChI=1S/C11H21N3O2/c1-4-11(3,9(12)13-16)10(15)14(5-2)8-6-7-8/h8,16H,4-7H2,1-3H3,(H2,12,13). The quantitative estimate of drug-likeness (QED) is 0.320. The monoisotopic (exact) mass is 227 g/mol. The van der Waals surface area contributed by atoms with Gasteiger partial charge in [0, 0.05) is 12.6 Å². The highest BCUT2D eigenvalue weighted by Crippen LogP contribution is 2.32. The van der Waals surface area contributed by atoms with E-state index >= 15 is 0 Å². The largest absolute Gasteiger partial charge is 0.409 e. The van der Waals surface area contributed by atoms with Crippen molar-refractivity contribution in [1.29, 1.82) is 0 Å². The van der Waals surface area contributed by atoms with E-state index in [-0.39, 0.29) is 11.7 Å². The zero-order chi connectivity index (χ0) is 12.3. The predicted octanol–water partition coefficient (Wildman–Crippen LogP) is 1.16. The third kappa shape index (κ3) is 2.13. The summed E-state index contributed by atoms with van der Waals surface area (Å²) in [5.74, 6) is -0.0330. The van der Waals surface area contributed by atoms with Gasteiger partial charge >= 0.3 is 0 Å². The van der Waals surface area contributed by atoms with Crippen molar-refractivity contribution >= 4 is 11.7 Å². The van der Waals surface area contributed by atoms with E-state index in [1.165, 1.54) is 0 Å². The van der Waals surface area contributed by atoms with E-state index in [9.17, 15) is 4.79 Å². The second-order valence-corrected chi connectivity index (χ2v) is 4.49. The van der Waals surface area contributed by atoms with Gasteiger partial charge in [-0.05, 0) is 33.1 Å². The number of hydrogen-bond donors (Lipinski definition) is 2. The van der Waals surface area contributed by atoms with Crippen LogP contribution in [0, 0.1) is 5.41 Å². The molecule has 0 heterocycles. The van der Waals surface area contributed by atoms with Gasteiger partial charge in [-0.3, -0.25) is 4.79 Å². The number of nitrogens with two attached hydrogens (primary N) is 1. The van der Waals surface area contributed by atoms with E-state index in [4.69, 9.17) is 10.9 Å². The molecule has 1 rings (SSSR count). The van der Waals surface area contributed by atoms with E-state index in [0.717, 1.165) is 12.8 Å². The Morgan fingerprint density at radius 1 is 1.56 bits per heavy atom. The topological polar surface area (TPSA) is 78.9 Å². The number of oxime groups is 1. The first kappa shape index (κ1) is 12.8. The van der Waals surface area contributed by atoms with Crippen LogP contribution in [-0.2, 0) is 4.79 Å². The minimum atomic E-state index is -0.882. The first-order valence-electron chi connectivity index (χ1n) is 5.80. The van der Waals surface area contributed by atoms with Gasteiger partial charge in [-0.25, -0.2) is 0 Å². The Balaban J connectivity index is 2.90. The molecule has 1 amide bonds. The maximum absolute atomic E-state index is 12.4. The van der Waals surface area contributed by atoms with Crippen molar-refractivity contribution in [3.8, 4) is 0 Å². The lowest BCUT2D eigenvalue weighted by molar-refractivity contribution is -0.138. The van der Waals surface area contributed by atoms with E-state index < -0.39 is 5.41 Å². The molecule has 1 aliphatic rings. The summed E-state index contributed by atoms with van der Waals surface area (Å²) in [6.45, 7) is 6.24. The van der Waals surface area contributed by atoms with E-state index in [0.29, 0.717) is 19.0 Å². The molecule has 0 aromatic heterocycles. The Labute approximate surface area is 96.3 Å². The highest BCUT2D eigenvalue weighted by atomic mass is 16.4. The van der Waals surface area contributed by atoms with Gasteiger partial charge in [0.05, 0.1) is 0 Å². The fourth-order valence-electron chi connectivity index (χ4n) is 1.82. The maximum atomic E-state index is 12.4. The minimum Gasteiger partial charge on any atom is -0.409 e. The van der Waals surface area contributed by atoms with Crippen molar-refractivity contribution in [2.45, 2.75) is 46.1 Å². The van der Waals surface area contributed by atoms with Gasteiger partial charge in [0.25, 0.3) is 0 Å². The molecule has 1 unspecified atom stereocenters. The fourth-order valence-corrected chi connectivity index (χ4v) is 1.82. The van der Waals surface area contributed by atoms with Gasteiger partial charge < -0.3 is 15.8 Å². The van der Waals surface area contributed by atoms with Crippen molar-refractivity contribution in [3.05, 3.63) is 0 Å². The number of rotatable bonds is 5. The van der Waals surface area contributed by atoms with Crippen LogP contribution in [0.5, 0.6) is 0 Å². The predicted molar refractivity (Wildman–Crippen MR) is 62.2 cm³/mol. The van der Waals surface area contributed by atoms with Crippen molar-refractivity contribution < 1.29 is 10.0 Å². The molecule has 0 bridgehead atoms. The van der Waals surface area contributed by atoms with Gasteiger partial charge in [0.15, 0.2) is 5.84 Å². The number of carbonyl (C=O) groups excluding carboxylic acids is 1. The average Bonchev–Trinajstić information content (AvgIpc) is 3.12. The lowest BCUT2D eigenvalue weighted by Gasteiger charge is -2.32. The van der Waals surface area contributed by atoms with Crippen LogP contribution in [0.3, 0.4) is 0 Å². The van der Waals surface area contributed by atoms with Crippen LogP contribution in [0.4, 0.5) is 0 Å². The summed E-state index contributed by atoms with van der Waals surface area (Å²) in [7, 11) is 0. The highest BCUT2D eigenvalue weighted by molar-refractivity contribution is 6.06. The summed E-state index contributed by atoms with van der Waals surface area (Å²) >= 11 is 0. The van der Waals surface area contributed by atoms with Crippen LogP contribution in [0.1, 0.15) is 40.0 Å². The second kappa shape index (κ2) is 4.72. The van der Waals surface area contributed by atoms with Crippen molar-refractivity contribution in [2.75, 3.05) is 6.54 Å². The average molecular weight is 227 g/mol. The molecule has 5 heteroatoms. The third-order valence-electron chi connectivity index (χ3n) is 3.44. The molecule has 0 spiro atoms. The van der Waals surface area contributed by atoms with Gasteiger partial charge in [0.2, 0.25) is 5.91 Å². The van der Waals surface area contributed by atoms with Crippen molar-refractivity contribution in [3.63, 3.8) is 0 Å². The SMILES string of the molecule is CCN(C(=O)C(C)(CC)C(N)=NO)C1CC1. The molecule has 1 saturated carbocycles. The van der Waals surface area contributed by atoms with Crippen LogP contribution in [0.2, 0.25) is 0 Å². The zero-order valence-corrected chi connectivity index (χ0v) is 10.2. The smallest absolute Gasteiger partial charge is 0.236 e. The Kier molecular flexibility index (Phi) is 3.78. The third-order valence-corrected chi connectivity index (χ3v) is 3.44. The number of nitrogens with zero attached hydrogens (tertiary/aromatic N) is 2. The summed E-state index contributed by atoms with van der Waals surface area (Å²) in [6.07, 6.45) is 2.66. The second-order valence-electron chi connectivity index (χ2n) is 4.49. The Bertz CT molecular complexity index is 300. The van der Waals surface area contributed by atoms with E-state index in [2.05, 4.69) is 5.16 Å². The van der Waals surface area contributed by atoms with Gasteiger partial charge in [-0.2, -0.15) is 0 Å². The molecule has 0 aromatic rings. The molecule has 1 aliphatic carbocycles. The van der Waals surface area contributed by atoms with Crippen LogP contribution in [0.25, 0.3) is 0 Å². The molecule has 0 saturated heterocycles. The van der Waals surface area contributed by atoms with Crippen molar-refractivity contribution in [2.24, 2.45) is 16.3 Å². The Morgan fingerprint density at radius 3 is 2.44 bits per heavy atom. The molecule has 0 aromatic carbocycles. The molecule has 3 N–H and O–H groups in total. The number of carbonyl (C=O) groups is 1. The first-order valence-corrected chi connectivity index (χ1v) is 5.80. The summed E-state index contributed by atoms with van der Waals surface area (Å²) in [6, 6.07) is 0.356. The molecule has 1 atom stereocenters. The molecule has 1 fully saturated rings. The van der Waals surface area contributed by atoms with Crippen LogP contribution >= 0.6 is 0 Å². The Morgan fingerprint density at radius 2 is 2.12 bits per heavy atom. The summed E-state index contributed by atoms with van der Waals surface area (Å²) in [5.41, 5.74) is 4.75. The normalized spacial score (nSPS) is 20.3. The Hall–Kier alpha value is -1.26. The van der Waals surface area contributed by atoms with E-state index in [1.807, 2.05) is 18.7 Å². The lowest BCUT2D eigenvalue weighted by Crippen LogP contribution is -2.50. The molecule has 92 valence electrons. The first-order chi connectivity index (χ1) is 7.51. The number of amides is 1. The van der Waals surface area contributed by atoms with Crippen LogP contribution < -0.4 is 5.73 Å². The lowest BCUT2D eigenvalue weighted by atomic mass is 9.84. The molecule has 0 radical (unpaired) electrons. The highest BCUT2D eigenvalue weighted by Gasteiger charge is 2.43. The molecule has 0 aliphatic heterocycles. The zero-order valence-electron chi connectivity index (χ0n) is 10.2. The number of amidine groups is 1. The summed E-state index contributed by atoms with van der Waals surface area (Å²) in [4.78, 5) is 14.2. The van der Waals surface area contributed by atoms with Crippen molar-refractivity contribution in [1.82, 2.24) is 4.90 Å².